The normalized spacial score (nSPS) is 13.7. The van der Waals surface area contributed by atoms with E-state index < -0.39 is 6.09 Å². The molecule has 10 nitrogen and oxygen atoms in total. The van der Waals surface area contributed by atoms with Gasteiger partial charge in [-0.3, -0.25) is 4.79 Å². The van der Waals surface area contributed by atoms with Crippen LogP contribution in [0.3, 0.4) is 0 Å². The zero-order valence-corrected chi connectivity index (χ0v) is 16.9. The minimum absolute atomic E-state index is 0.0913. The van der Waals surface area contributed by atoms with E-state index in [-0.39, 0.29) is 19.1 Å². The second-order valence-corrected chi connectivity index (χ2v) is 6.98. The Labute approximate surface area is 179 Å². The molecule has 31 heavy (non-hydrogen) atoms. The van der Waals surface area contributed by atoms with Crippen LogP contribution in [0.1, 0.15) is 5.56 Å². The lowest BCUT2D eigenvalue weighted by atomic mass is 10.2. The molecule has 1 aliphatic rings. The Hall–Kier alpha value is -3.95. The Morgan fingerprint density at radius 1 is 0.935 bits per heavy atom. The van der Waals surface area contributed by atoms with Crippen LogP contribution in [0.5, 0.6) is 0 Å². The van der Waals surface area contributed by atoms with Crippen LogP contribution >= 0.6 is 0 Å². The highest BCUT2D eigenvalue weighted by Crippen LogP contribution is 2.14. The number of nitrogens with zero attached hydrogens (tertiary/aromatic N) is 6. The highest BCUT2D eigenvalue weighted by Gasteiger charge is 2.22. The maximum atomic E-state index is 12.4. The molecule has 3 aromatic rings. The molecule has 1 saturated heterocycles. The van der Waals surface area contributed by atoms with E-state index in [0.29, 0.717) is 32.0 Å². The third-order valence-electron chi connectivity index (χ3n) is 4.93. The van der Waals surface area contributed by atoms with Crippen LogP contribution in [0.15, 0.2) is 60.9 Å². The van der Waals surface area contributed by atoms with E-state index in [4.69, 9.17) is 4.74 Å². The lowest BCUT2D eigenvalue weighted by molar-refractivity contribution is -0.130. The van der Waals surface area contributed by atoms with Crippen LogP contribution in [-0.2, 0) is 16.1 Å². The molecular formula is C21H23N7O3. The molecule has 1 N–H and O–H groups in total. The Balaban J connectivity index is 1.19. The van der Waals surface area contributed by atoms with Crippen molar-refractivity contribution in [2.24, 2.45) is 0 Å². The molecule has 4 rings (SSSR count). The molecule has 3 heterocycles. The van der Waals surface area contributed by atoms with Crippen LogP contribution in [0.2, 0.25) is 0 Å². The monoisotopic (exact) mass is 421 g/mol. The number of aromatic nitrogens is 4. The van der Waals surface area contributed by atoms with E-state index >= 15 is 0 Å². The first-order valence-electron chi connectivity index (χ1n) is 10.00. The van der Waals surface area contributed by atoms with Gasteiger partial charge in [-0.25, -0.2) is 9.48 Å². The number of amides is 2. The average molecular weight is 421 g/mol. The molecule has 160 valence electrons. The molecule has 0 spiro atoms. The number of alkyl carbamates (subject to hydrolysis) is 1. The van der Waals surface area contributed by atoms with Gasteiger partial charge in [0.1, 0.15) is 13.2 Å². The van der Waals surface area contributed by atoms with Crippen molar-refractivity contribution in [3.05, 3.63) is 66.5 Å². The summed E-state index contributed by atoms with van der Waals surface area (Å²) in [6.07, 6.45) is 2.88. The molecule has 2 aromatic heterocycles. The third-order valence-corrected chi connectivity index (χ3v) is 4.93. The van der Waals surface area contributed by atoms with Gasteiger partial charge >= 0.3 is 6.09 Å². The standard InChI is InChI=1S/C21H23N7O3/c29-20(15-22-21(30)31-16-17-5-2-1-3-6-17)27-13-11-26(12-14-27)18-7-8-19(25-24-18)28-10-4-9-23-28/h1-10H,11-16H2,(H,22,30). The zero-order chi connectivity index (χ0) is 21.5. The third kappa shape index (κ3) is 5.35. The molecule has 0 radical (unpaired) electrons. The Bertz CT molecular complexity index is 986. The van der Waals surface area contributed by atoms with E-state index in [0.717, 1.165) is 11.4 Å². The van der Waals surface area contributed by atoms with Crippen molar-refractivity contribution >= 4 is 17.8 Å². The molecule has 1 fully saturated rings. The molecule has 2 amide bonds. The topological polar surface area (TPSA) is 105 Å². The summed E-state index contributed by atoms with van der Waals surface area (Å²) in [6.45, 7) is 2.44. The average Bonchev–Trinajstić information content (AvgIpc) is 3.37. The van der Waals surface area contributed by atoms with Gasteiger partial charge in [-0.15, -0.1) is 10.2 Å². The number of benzene rings is 1. The minimum atomic E-state index is -0.608. The number of anilines is 1. The largest absolute Gasteiger partial charge is 0.445 e. The zero-order valence-electron chi connectivity index (χ0n) is 16.9. The van der Waals surface area contributed by atoms with E-state index in [2.05, 4.69) is 25.5 Å². The van der Waals surface area contributed by atoms with Crippen molar-refractivity contribution in [1.82, 2.24) is 30.2 Å². The van der Waals surface area contributed by atoms with Crippen LogP contribution in [-0.4, -0.2) is 69.6 Å². The lowest BCUT2D eigenvalue weighted by Gasteiger charge is -2.35. The first-order chi connectivity index (χ1) is 15.2. The summed E-state index contributed by atoms with van der Waals surface area (Å²) in [6, 6.07) is 15.0. The highest BCUT2D eigenvalue weighted by atomic mass is 16.5. The second kappa shape index (κ2) is 9.70. The fourth-order valence-corrected chi connectivity index (χ4v) is 3.23. The number of hydrogen-bond acceptors (Lipinski definition) is 7. The molecule has 0 saturated carbocycles. The summed E-state index contributed by atoms with van der Waals surface area (Å²) in [5.41, 5.74) is 0.890. The first kappa shape index (κ1) is 20.3. The van der Waals surface area contributed by atoms with Gasteiger partial charge in [0.25, 0.3) is 0 Å². The van der Waals surface area contributed by atoms with Crippen LogP contribution in [0.4, 0.5) is 10.6 Å². The smallest absolute Gasteiger partial charge is 0.407 e. The fourth-order valence-electron chi connectivity index (χ4n) is 3.23. The summed E-state index contributed by atoms with van der Waals surface area (Å²) in [5, 5.41) is 15.1. The van der Waals surface area contributed by atoms with Crippen LogP contribution in [0.25, 0.3) is 5.82 Å². The molecule has 1 aromatic carbocycles. The molecule has 10 heteroatoms. The van der Waals surface area contributed by atoms with Gasteiger partial charge in [-0.05, 0) is 23.8 Å². The Morgan fingerprint density at radius 3 is 2.35 bits per heavy atom. The minimum Gasteiger partial charge on any atom is -0.445 e. The van der Waals surface area contributed by atoms with Gasteiger partial charge in [0, 0.05) is 38.6 Å². The summed E-state index contributed by atoms with van der Waals surface area (Å²) in [5.74, 6) is 1.26. The van der Waals surface area contributed by atoms with E-state index in [1.807, 2.05) is 48.5 Å². The van der Waals surface area contributed by atoms with Gasteiger partial charge in [0.15, 0.2) is 11.6 Å². The maximum Gasteiger partial charge on any atom is 0.407 e. The van der Waals surface area contributed by atoms with Crippen molar-refractivity contribution < 1.29 is 14.3 Å². The highest BCUT2D eigenvalue weighted by molar-refractivity contribution is 5.82. The van der Waals surface area contributed by atoms with Crippen molar-refractivity contribution in [2.45, 2.75) is 6.61 Å². The quantitative estimate of drug-likeness (QED) is 0.638. The van der Waals surface area contributed by atoms with Crippen molar-refractivity contribution in [3.63, 3.8) is 0 Å². The molecule has 0 atom stereocenters. The van der Waals surface area contributed by atoms with Gasteiger partial charge < -0.3 is 19.9 Å². The molecule has 0 bridgehead atoms. The van der Waals surface area contributed by atoms with Crippen molar-refractivity contribution in [2.75, 3.05) is 37.6 Å². The number of ether oxygens (including phenoxy) is 1. The Morgan fingerprint density at radius 2 is 1.68 bits per heavy atom. The van der Waals surface area contributed by atoms with Crippen molar-refractivity contribution in [1.29, 1.82) is 0 Å². The number of rotatable bonds is 6. The molecular weight excluding hydrogens is 398 g/mol. The van der Waals surface area contributed by atoms with Gasteiger partial charge in [0.2, 0.25) is 5.91 Å². The summed E-state index contributed by atoms with van der Waals surface area (Å²) in [7, 11) is 0. The lowest BCUT2D eigenvalue weighted by Crippen LogP contribution is -2.51. The first-order valence-corrected chi connectivity index (χ1v) is 10.00. The number of nitrogens with one attached hydrogen (secondary N) is 1. The Kier molecular flexibility index (Phi) is 6.36. The SMILES string of the molecule is O=C(NCC(=O)N1CCN(c2ccc(-n3cccn3)nn2)CC1)OCc1ccccc1. The van der Waals surface area contributed by atoms with Crippen LogP contribution in [0, 0.1) is 0 Å². The predicted octanol–water partition coefficient (Wildman–Crippen LogP) is 1.24. The summed E-state index contributed by atoms with van der Waals surface area (Å²) >= 11 is 0. The van der Waals surface area contributed by atoms with Crippen LogP contribution < -0.4 is 10.2 Å². The second-order valence-electron chi connectivity index (χ2n) is 6.98. The molecule has 1 aliphatic heterocycles. The molecule has 0 aliphatic carbocycles. The van der Waals surface area contributed by atoms with Gasteiger partial charge in [0.05, 0.1) is 0 Å². The predicted molar refractivity (Wildman–Crippen MR) is 113 cm³/mol. The van der Waals surface area contributed by atoms with E-state index in [9.17, 15) is 9.59 Å². The summed E-state index contributed by atoms with van der Waals surface area (Å²) < 4.78 is 6.77. The van der Waals surface area contributed by atoms with Gasteiger partial charge in [-0.1, -0.05) is 30.3 Å². The number of piperazine rings is 1. The fraction of sp³-hybridized carbons (Fsp3) is 0.286. The summed E-state index contributed by atoms with van der Waals surface area (Å²) in [4.78, 5) is 28.0. The number of carbonyl (C=O) groups excluding carboxylic acids is 2. The molecule has 0 unspecified atom stereocenters. The number of carbonyl (C=O) groups is 2. The van der Waals surface area contributed by atoms with E-state index in [1.165, 1.54) is 0 Å². The maximum absolute atomic E-state index is 12.4. The van der Waals surface area contributed by atoms with Gasteiger partial charge in [-0.2, -0.15) is 5.10 Å². The number of hydrogen-bond donors (Lipinski definition) is 1. The van der Waals surface area contributed by atoms with E-state index in [1.54, 1.807) is 22.0 Å². The van der Waals surface area contributed by atoms with Crippen molar-refractivity contribution in [3.8, 4) is 5.82 Å².